The van der Waals surface area contributed by atoms with Crippen molar-refractivity contribution in [1.29, 1.82) is 0 Å². The minimum absolute atomic E-state index is 0.0365. The first kappa shape index (κ1) is 18.5. The standard InChI is InChI=1S/C15H11Cl2N3O5/c1-25-13-5-2-8(16)6-11(13)15(22)19-18-14(21)10-4-3-9(20(23)24)7-12(10)17/h2-7H,1H3,(H,18,21)(H,19,22). The predicted molar refractivity (Wildman–Crippen MR) is 91.0 cm³/mol. The molecule has 0 spiro atoms. The van der Waals surface area contributed by atoms with E-state index in [1.807, 2.05) is 0 Å². The van der Waals surface area contributed by atoms with Crippen molar-refractivity contribution in [2.75, 3.05) is 7.11 Å². The molecular weight excluding hydrogens is 373 g/mol. The summed E-state index contributed by atoms with van der Waals surface area (Å²) in [6.45, 7) is 0. The molecule has 0 aliphatic carbocycles. The van der Waals surface area contributed by atoms with Gasteiger partial charge in [-0.3, -0.25) is 30.6 Å². The molecule has 0 saturated heterocycles. The molecule has 0 radical (unpaired) electrons. The molecule has 0 fully saturated rings. The Morgan fingerprint density at radius 2 is 1.68 bits per heavy atom. The number of methoxy groups -OCH3 is 1. The minimum Gasteiger partial charge on any atom is -0.496 e. The summed E-state index contributed by atoms with van der Waals surface area (Å²) in [5.74, 6) is -1.13. The number of carbonyl (C=O) groups is 2. The highest BCUT2D eigenvalue weighted by atomic mass is 35.5. The third-order valence-corrected chi connectivity index (χ3v) is 3.65. The third-order valence-electron chi connectivity index (χ3n) is 3.10. The summed E-state index contributed by atoms with van der Waals surface area (Å²) in [5.41, 5.74) is 4.18. The maximum absolute atomic E-state index is 12.2. The van der Waals surface area contributed by atoms with Crippen LogP contribution in [-0.4, -0.2) is 23.8 Å². The van der Waals surface area contributed by atoms with Crippen LogP contribution in [0.3, 0.4) is 0 Å². The topological polar surface area (TPSA) is 111 Å². The van der Waals surface area contributed by atoms with Crippen molar-refractivity contribution in [3.8, 4) is 5.75 Å². The zero-order valence-electron chi connectivity index (χ0n) is 12.7. The molecule has 130 valence electrons. The summed E-state index contributed by atoms with van der Waals surface area (Å²) in [5, 5.41) is 10.9. The van der Waals surface area contributed by atoms with Gasteiger partial charge in [0.25, 0.3) is 17.5 Å². The van der Waals surface area contributed by atoms with Gasteiger partial charge in [-0.25, -0.2) is 0 Å². The number of hydrogen-bond acceptors (Lipinski definition) is 5. The molecule has 0 aromatic heterocycles. The van der Waals surface area contributed by atoms with Crippen LogP contribution < -0.4 is 15.6 Å². The number of halogens is 2. The average Bonchev–Trinajstić information content (AvgIpc) is 2.59. The van der Waals surface area contributed by atoms with E-state index in [1.165, 1.54) is 25.3 Å². The van der Waals surface area contributed by atoms with Crippen molar-refractivity contribution in [2.24, 2.45) is 0 Å². The SMILES string of the molecule is COc1ccc(Cl)cc1C(=O)NNC(=O)c1ccc([N+](=O)[O-])cc1Cl. The Morgan fingerprint density at radius 3 is 2.24 bits per heavy atom. The monoisotopic (exact) mass is 383 g/mol. The molecule has 2 rings (SSSR count). The summed E-state index contributed by atoms with van der Waals surface area (Å²) in [4.78, 5) is 34.2. The molecule has 2 aromatic carbocycles. The lowest BCUT2D eigenvalue weighted by molar-refractivity contribution is -0.384. The molecule has 0 saturated carbocycles. The van der Waals surface area contributed by atoms with Crippen LogP contribution in [0.2, 0.25) is 10.0 Å². The van der Waals surface area contributed by atoms with Gasteiger partial charge in [-0.2, -0.15) is 0 Å². The lowest BCUT2D eigenvalue weighted by atomic mass is 10.2. The number of carbonyl (C=O) groups excluding carboxylic acids is 2. The fourth-order valence-electron chi connectivity index (χ4n) is 1.91. The summed E-state index contributed by atoms with van der Waals surface area (Å²) in [7, 11) is 1.38. The lowest BCUT2D eigenvalue weighted by Crippen LogP contribution is -2.41. The second-order valence-electron chi connectivity index (χ2n) is 4.67. The fraction of sp³-hybridized carbons (Fsp3) is 0.0667. The van der Waals surface area contributed by atoms with Gasteiger partial charge in [0.15, 0.2) is 0 Å². The number of hydrazine groups is 1. The van der Waals surface area contributed by atoms with Gasteiger partial charge in [0.05, 0.1) is 28.2 Å². The van der Waals surface area contributed by atoms with E-state index in [9.17, 15) is 19.7 Å². The summed E-state index contributed by atoms with van der Waals surface area (Å²) in [6, 6.07) is 7.78. The van der Waals surface area contributed by atoms with Crippen LogP contribution in [0.25, 0.3) is 0 Å². The summed E-state index contributed by atoms with van der Waals surface area (Å²) >= 11 is 11.7. The number of rotatable bonds is 4. The van der Waals surface area contributed by atoms with E-state index in [2.05, 4.69) is 10.9 Å². The Morgan fingerprint density at radius 1 is 1.04 bits per heavy atom. The van der Waals surface area contributed by atoms with Crippen molar-refractivity contribution in [3.05, 3.63) is 67.7 Å². The molecule has 0 aliphatic heterocycles. The number of nitro groups is 1. The summed E-state index contributed by atoms with van der Waals surface area (Å²) < 4.78 is 5.05. The predicted octanol–water partition coefficient (Wildman–Crippen LogP) is 2.99. The van der Waals surface area contributed by atoms with Crippen LogP contribution in [-0.2, 0) is 0 Å². The highest BCUT2D eigenvalue weighted by molar-refractivity contribution is 6.34. The van der Waals surface area contributed by atoms with Gasteiger partial charge in [0, 0.05) is 17.2 Å². The molecule has 10 heteroatoms. The minimum atomic E-state index is -0.741. The van der Waals surface area contributed by atoms with Gasteiger partial charge in [-0.1, -0.05) is 23.2 Å². The van der Waals surface area contributed by atoms with E-state index in [-0.39, 0.29) is 27.6 Å². The fourth-order valence-corrected chi connectivity index (χ4v) is 2.34. The second-order valence-corrected chi connectivity index (χ2v) is 5.52. The quantitative estimate of drug-likeness (QED) is 0.622. The highest BCUT2D eigenvalue weighted by Crippen LogP contribution is 2.23. The van der Waals surface area contributed by atoms with Crippen LogP contribution >= 0.6 is 23.2 Å². The van der Waals surface area contributed by atoms with Gasteiger partial charge in [0.2, 0.25) is 0 Å². The number of nitrogens with zero attached hydrogens (tertiary/aromatic N) is 1. The van der Waals surface area contributed by atoms with Crippen molar-refractivity contribution >= 4 is 40.7 Å². The van der Waals surface area contributed by atoms with Crippen molar-refractivity contribution in [1.82, 2.24) is 10.9 Å². The van der Waals surface area contributed by atoms with E-state index < -0.39 is 16.7 Å². The van der Waals surface area contributed by atoms with Gasteiger partial charge in [0.1, 0.15) is 5.75 Å². The molecule has 0 aliphatic rings. The molecule has 2 aromatic rings. The molecule has 2 amide bonds. The molecule has 8 nitrogen and oxygen atoms in total. The normalized spacial score (nSPS) is 10.0. The molecule has 2 N–H and O–H groups in total. The summed E-state index contributed by atoms with van der Waals surface area (Å²) in [6.07, 6.45) is 0. The van der Waals surface area contributed by atoms with Crippen molar-refractivity contribution < 1.29 is 19.2 Å². The Kier molecular flexibility index (Phi) is 5.79. The van der Waals surface area contributed by atoms with Gasteiger partial charge in [-0.05, 0) is 24.3 Å². The first-order valence-corrected chi connectivity index (χ1v) is 7.47. The molecule has 0 heterocycles. The Balaban J connectivity index is 2.11. The smallest absolute Gasteiger partial charge is 0.273 e. The van der Waals surface area contributed by atoms with Crippen LogP contribution in [0.4, 0.5) is 5.69 Å². The number of hydrogen-bond donors (Lipinski definition) is 2. The highest BCUT2D eigenvalue weighted by Gasteiger charge is 2.17. The number of non-ortho nitro benzene ring substituents is 1. The van der Waals surface area contributed by atoms with Crippen molar-refractivity contribution in [3.63, 3.8) is 0 Å². The second kappa shape index (κ2) is 7.82. The number of amides is 2. The first-order valence-electron chi connectivity index (χ1n) is 6.71. The van der Waals surface area contributed by atoms with Gasteiger partial charge in [-0.15, -0.1) is 0 Å². The van der Waals surface area contributed by atoms with E-state index in [1.54, 1.807) is 6.07 Å². The molecule has 0 bridgehead atoms. The Labute approximate surface area is 151 Å². The van der Waals surface area contributed by atoms with Crippen LogP contribution in [0.15, 0.2) is 36.4 Å². The van der Waals surface area contributed by atoms with E-state index >= 15 is 0 Å². The average molecular weight is 384 g/mol. The van der Waals surface area contributed by atoms with Crippen LogP contribution in [0.1, 0.15) is 20.7 Å². The number of ether oxygens (including phenoxy) is 1. The maximum Gasteiger partial charge on any atom is 0.273 e. The van der Waals surface area contributed by atoms with E-state index in [0.29, 0.717) is 5.02 Å². The van der Waals surface area contributed by atoms with E-state index in [0.717, 1.165) is 12.1 Å². The van der Waals surface area contributed by atoms with Gasteiger partial charge < -0.3 is 4.74 Å². The van der Waals surface area contributed by atoms with E-state index in [4.69, 9.17) is 27.9 Å². The lowest BCUT2D eigenvalue weighted by Gasteiger charge is -2.11. The Hall–Kier alpha value is -2.84. The molecule has 0 unspecified atom stereocenters. The number of benzene rings is 2. The van der Waals surface area contributed by atoms with Gasteiger partial charge >= 0.3 is 0 Å². The Bertz CT molecular complexity index is 857. The molecule has 0 atom stereocenters. The zero-order valence-corrected chi connectivity index (χ0v) is 14.2. The molecular formula is C15H11Cl2N3O5. The zero-order chi connectivity index (χ0) is 18.6. The maximum atomic E-state index is 12.2. The third kappa shape index (κ3) is 4.37. The molecule has 25 heavy (non-hydrogen) atoms. The van der Waals surface area contributed by atoms with Crippen LogP contribution in [0.5, 0.6) is 5.75 Å². The largest absolute Gasteiger partial charge is 0.496 e. The first-order chi connectivity index (χ1) is 11.8. The van der Waals surface area contributed by atoms with Crippen molar-refractivity contribution in [2.45, 2.75) is 0 Å². The number of nitrogens with one attached hydrogen (secondary N) is 2. The van der Waals surface area contributed by atoms with Crippen LogP contribution in [0, 0.1) is 10.1 Å². The number of nitro benzene ring substituents is 1.